The van der Waals surface area contributed by atoms with Crippen LogP contribution in [0.25, 0.3) is 11.1 Å². The molecule has 2 N–H and O–H groups in total. The molecule has 2 aromatic rings. The molecule has 0 spiro atoms. The number of carboxylic acids is 1. The molecule has 0 atom stereocenters. The van der Waals surface area contributed by atoms with Crippen LogP contribution in [0.4, 0.5) is 0 Å². The molecule has 5 nitrogen and oxygen atoms in total. The van der Waals surface area contributed by atoms with Crippen molar-refractivity contribution < 1.29 is 19.8 Å². The molecule has 2 aromatic carbocycles. The number of aliphatic hydroxyl groups is 1. The topological polar surface area (TPSA) is 77.8 Å². The maximum Gasteiger partial charge on any atom is 0.335 e. The number of hydrogen-bond donors (Lipinski definition) is 2. The normalized spacial score (nSPS) is 16.5. The molecule has 1 aliphatic rings. The van der Waals surface area contributed by atoms with Gasteiger partial charge in [-0.25, -0.2) is 4.79 Å². The summed E-state index contributed by atoms with van der Waals surface area (Å²) in [5.74, 6) is -1.50. The van der Waals surface area contributed by atoms with Gasteiger partial charge in [0.15, 0.2) is 5.60 Å². The maximum atomic E-state index is 12.8. The Morgan fingerprint density at radius 3 is 2.24 bits per heavy atom. The molecule has 0 bridgehead atoms. The fourth-order valence-electron chi connectivity index (χ4n) is 2.96. The van der Waals surface area contributed by atoms with Gasteiger partial charge in [0.05, 0.1) is 10.6 Å². The second-order valence-electron chi connectivity index (χ2n) is 6.19. The van der Waals surface area contributed by atoms with E-state index in [-0.39, 0.29) is 31.8 Å². The van der Waals surface area contributed by atoms with Crippen molar-refractivity contribution in [3.8, 4) is 11.1 Å². The quantitative estimate of drug-likeness (QED) is 0.882. The van der Waals surface area contributed by atoms with Crippen molar-refractivity contribution in [2.75, 3.05) is 13.1 Å². The van der Waals surface area contributed by atoms with Crippen LogP contribution in [0.2, 0.25) is 5.02 Å². The molecule has 0 aromatic heterocycles. The van der Waals surface area contributed by atoms with Crippen LogP contribution in [0.5, 0.6) is 0 Å². The summed E-state index contributed by atoms with van der Waals surface area (Å²) in [6.45, 7) is 0.348. The Morgan fingerprint density at radius 1 is 1.00 bits per heavy atom. The Labute approximate surface area is 150 Å². The van der Waals surface area contributed by atoms with Crippen molar-refractivity contribution >= 4 is 23.5 Å². The zero-order valence-corrected chi connectivity index (χ0v) is 14.2. The van der Waals surface area contributed by atoms with Crippen molar-refractivity contribution in [2.24, 2.45) is 0 Å². The summed E-state index contributed by atoms with van der Waals surface area (Å²) in [4.78, 5) is 25.4. The number of nitrogens with zero attached hydrogens (tertiary/aromatic N) is 1. The molecule has 3 rings (SSSR count). The lowest BCUT2D eigenvalue weighted by molar-refractivity contribution is -0.162. The van der Waals surface area contributed by atoms with Crippen LogP contribution in [0, 0.1) is 0 Å². The van der Waals surface area contributed by atoms with E-state index in [0.717, 1.165) is 11.1 Å². The number of carboxylic acid groups (broad SMARTS) is 1. The minimum Gasteiger partial charge on any atom is -0.479 e. The van der Waals surface area contributed by atoms with Gasteiger partial charge in [0.2, 0.25) is 0 Å². The first kappa shape index (κ1) is 17.5. The number of carbonyl (C=O) groups is 2. The van der Waals surface area contributed by atoms with Gasteiger partial charge in [-0.1, -0.05) is 48.0 Å². The Balaban J connectivity index is 1.82. The third-order valence-electron chi connectivity index (χ3n) is 4.58. The summed E-state index contributed by atoms with van der Waals surface area (Å²) < 4.78 is 0. The smallest absolute Gasteiger partial charge is 0.335 e. The monoisotopic (exact) mass is 359 g/mol. The highest BCUT2D eigenvalue weighted by atomic mass is 35.5. The van der Waals surface area contributed by atoms with E-state index in [1.54, 1.807) is 12.1 Å². The number of amides is 1. The zero-order valence-electron chi connectivity index (χ0n) is 13.5. The second-order valence-corrected chi connectivity index (χ2v) is 6.60. The third kappa shape index (κ3) is 3.52. The molecule has 1 aliphatic heterocycles. The Hall–Kier alpha value is -2.37. The Bertz CT molecular complexity index is 798. The Kier molecular flexibility index (Phi) is 4.79. The molecule has 1 saturated heterocycles. The van der Waals surface area contributed by atoms with Gasteiger partial charge < -0.3 is 15.1 Å². The SMILES string of the molecule is O=C(c1cc(-c2ccccc2)ccc1Cl)N1CCC(O)(C(=O)O)CC1. The average Bonchev–Trinajstić information content (AvgIpc) is 2.63. The van der Waals surface area contributed by atoms with E-state index in [4.69, 9.17) is 16.7 Å². The summed E-state index contributed by atoms with van der Waals surface area (Å²) in [6, 6.07) is 15.0. The molecule has 0 aliphatic carbocycles. The molecule has 1 heterocycles. The molecular weight excluding hydrogens is 342 g/mol. The number of aliphatic carboxylic acids is 1. The lowest BCUT2D eigenvalue weighted by atomic mass is 9.91. The predicted molar refractivity (Wildman–Crippen MR) is 94.6 cm³/mol. The highest BCUT2D eigenvalue weighted by molar-refractivity contribution is 6.34. The van der Waals surface area contributed by atoms with Crippen molar-refractivity contribution in [1.29, 1.82) is 0 Å². The van der Waals surface area contributed by atoms with Crippen molar-refractivity contribution in [3.05, 3.63) is 59.1 Å². The van der Waals surface area contributed by atoms with Crippen LogP contribution in [0.3, 0.4) is 0 Å². The van der Waals surface area contributed by atoms with Gasteiger partial charge >= 0.3 is 5.97 Å². The highest BCUT2D eigenvalue weighted by Gasteiger charge is 2.40. The average molecular weight is 360 g/mol. The van der Waals surface area contributed by atoms with Crippen LogP contribution in [0.15, 0.2) is 48.5 Å². The van der Waals surface area contributed by atoms with E-state index >= 15 is 0 Å². The third-order valence-corrected chi connectivity index (χ3v) is 4.91. The van der Waals surface area contributed by atoms with E-state index in [1.807, 2.05) is 36.4 Å². The highest BCUT2D eigenvalue weighted by Crippen LogP contribution is 2.28. The lowest BCUT2D eigenvalue weighted by Gasteiger charge is -2.35. The van der Waals surface area contributed by atoms with Crippen LogP contribution in [-0.2, 0) is 4.79 Å². The summed E-state index contributed by atoms with van der Waals surface area (Å²) in [5.41, 5.74) is 0.482. The molecule has 6 heteroatoms. The fraction of sp³-hybridized carbons (Fsp3) is 0.263. The van der Waals surface area contributed by atoms with Crippen LogP contribution >= 0.6 is 11.6 Å². The minimum absolute atomic E-state index is 0.00404. The molecule has 1 fully saturated rings. The van der Waals surface area contributed by atoms with Gasteiger partial charge in [-0.3, -0.25) is 4.79 Å². The van der Waals surface area contributed by atoms with E-state index < -0.39 is 11.6 Å². The van der Waals surface area contributed by atoms with Crippen LogP contribution in [0.1, 0.15) is 23.2 Å². The summed E-state index contributed by atoms with van der Waals surface area (Å²) in [5, 5.41) is 19.4. The lowest BCUT2D eigenvalue weighted by Crippen LogP contribution is -2.50. The Morgan fingerprint density at radius 2 is 1.64 bits per heavy atom. The number of piperidine rings is 1. The number of likely N-dealkylation sites (tertiary alicyclic amines) is 1. The number of carbonyl (C=O) groups excluding carboxylic acids is 1. The maximum absolute atomic E-state index is 12.8. The fourth-order valence-corrected chi connectivity index (χ4v) is 3.16. The van der Waals surface area contributed by atoms with Crippen molar-refractivity contribution in [3.63, 3.8) is 0 Å². The first-order valence-electron chi connectivity index (χ1n) is 8.01. The van der Waals surface area contributed by atoms with Gasteiger partial charge in [0.1, 0.15) is 0 Å². The predicted octanol–water partition coefficient (Wildman–Crippen LogP) is 3.06. The van der Waals surface area contributed by atoms with Gasteiger partial charge in [-0.05, 0) is 23.3 Å². The van der Waals surface area contributed by atoms with Crippen molar-refractivity contribution in [2.45, 2.75) is 18.4 Å². The molecule has 0 unspecified atom stereocenters. The number of halogens is 1. The van der Waals surface area contributed by atoms with Gasteiger partial charge in [-0.15, -0.1) is 0 Å². The zero-order chi connectivity index (χ0) is 18.0. The molecular formula is C19H18ClNO4. The molecule has 0 radical (unpaired) electrons. The first-order chi connectivity index (χ1) is 11.9. The number of benzene rings is 2. The minimum atomic E-state index is -1.76. The number of hydrogen-bond acceptors (Lipinski definition) is 3. The van der Waals surface area contributed by atoms with Crippen molar-refractivity contribution in [1.82, 2.24) is 4.90 Å². The first-order valence-corrected chi connectivity index (χ1v) is 8.38. The van der Waals surface area contributed by atoms with Crippen LogP contribution in [-0.4, -0.2) is 45.7 Å². The van der Waals surface area contributed by atoms with E-state index in [2.05, 4.69) is 0 Å². The largest absolute Gasteiger partial charge is 0.479 e. The summed E-state index contributed by atoms with van der Waals surface area (Å²) in [6.07, 6.45) is 0.00807. The van der Waals surface area contributed by atoms with Gasteiger partial charge in [-0.2, -0.15) is 0 Å². The van der Waals surface area contributed by atoms with E-state index in [1.165, 1.54) is 4.90 Å². The number of rotatable bonds is 3. The van der Waals surface area contributed by atoms with E-state index in [0.29, 0.717) is 10.6 Å². The molecule has 1 amide bonds. The molecule has 130 valence electrons. The van der Waals surface area contributed by atoms with Gasteiger partial charge in [0.25, 0.3) is 5.91 Å². The summed E-state index contributed by atoms with van der Waals surface area (Å²) in [7, 11) is 0. The van der Waals surface area contributed by atoms with Gasteiger partial charge in [0, 0.05) is 25.9 Å². The standard InChI is InChI=1S/C19H18ClNO4/c20-16-7-6-14(13-4-2-1-3-5-13)12-15(16)17(22)21-10-8-19(25,9-11-21)18(23)24/h1-7,12,25H,8-11H2,(H,23,24). The summed E-state index contributed by atoms with van der Waals surface area (Å²) >= 11 is 6.21. The van der Waals surface area contributed by atoms with E-state index in [9.17, 15) is 14.7 Å². The molecule has 0 saturated carbocycles. The van der Waals surface area contributed by atoms with Crippen LogP contribution < -0.4 is 0 Å². The second kappa shape index (κ2) is 6.86. The molecule has 25 heavy (non-hydrogen) atoms.